The fraction of sp³-hybridized carbons (Fsp3) is 0.308. The molecule has 1 aliphatic rings. The Morgan fingerprint density at radius 2 is 2.00 bits per heavy atom. The number of para-hydroxylation sites is 1. The molecule has 4 aromatic rings. The van der Waals surface area contributed by atoms with Crippen LogP contribution in [0.3, 0.4) is 0 Å². The van der Waals surface area contributed by atoms with Crippen LogP contribution in [0.1, 0.15) is 25.3 Å². The Balaban J connectivity index is 1.34. The van der Waals surface area contributed by atoms with Crippen LogP contribution in [-0.4, -0.2) is 45.8 Å². The van der Waals surface area contributed by atoms with Crippen LogP contribution in [-0.2, 0) is 11.3 Å². The number of piperidine rings is 1. The minimum Gasteiger partial charge on any atom is -0.496 e. The van der Waals surface area contributed by atoms with Crippen molar-refractivity contribution in [2.75, 3.05) is 30.0 Å². The lowest BCUT2D eigenvalue weighted by Gasteiger charge is -2.38. The highest BCUT2D eigenvalue weighted by Gasteiger charge is 2.31. The first kappa shape index (κ1) is 23.4. The number of nitrogens with zero attached hydrogens (tertiary/aromatic N) is 4. The molecule has 6 N–H and O–H groups in total. The van der Waals surface area contributed by atoms with Gasteiger partial charge in [0.1, 0.15) is 11.6 Å². The van der Waals surface area contributed by atoms with E-state index in [1.807, 2.05) is 48.5 Å². The number of rotatable bonds is 6. The molecule has 1 amide bonds. The van der Waals surface area contributed by atoms with E-state index in [2.05, 4.69) is 37.3 Å². The molecular weight excluding hydrogens is 456 g/mol. The van der Waals surface area contributed by atoms with E-state index in [-0.39, 0.29) is 23.8 Å². The molecule has 0 unspecified atom stereocenters. The van der Waals surface area contributed by atoms with E-state index >= 15 is 0 Å². The van der Waals surface area contributed by atoms with E-state index in [1.54, 1.807) is 7.11 Å². The number of hydrogen-bond acceptors (Lipinski definition) is 8. The van der Waals surface area contributed by atoms with Crippen LogP contribution in [0.5, 0.6) is 5.75 Å². The number of carbonyl (C=O) groups excluding carboxylic acids is 1. The normalized spacial score (nSPS) is 17.8. The van der Waals surface area contributed by atoms with Gasteiger partial charge in [0.15, 0.2) is 5.82 Å². The number of amides is 1. The topological polar surface area (TPSA) is 148 Å². The summed E-state index contributed by atoms with van der Waals surface area (Å²) < 4.78 is 5.40. The van der Waals surface area contributed by atoms with Gasteiger partial charge in [0.25, 0.3) is 0 Å². The summed E-state index contributed by atoms with van der Waals surface area (Å²) in [6.45, 7) is 3.10. The maximum Gasteiger partial charge on any atom is 0.225 e. The SMILES string of the molecule is COc1ccccc1CNC(=O)[C@H]1CC[C@@H](C)N(c2cc(-c3ccc4c(N)n[nH]c4c3)nc(N)n2)C1. The van der Waals surface area contributed by atoms with Crippen molar-refractivity contribution in [2.45, 2.75) is 32.4 Å². The molecule has 1 saturated heterocycles. The van der Waals surface area contributed by atoms with Crippen LogP contribution in [0.4, 0.5) is 17.6 Å². The van der Waals surface area contributed by atoms with Crippen molar-refractivity contribution >= 4 is 34.4 Å². The minimum absolute atomic E-state index is 0.0161. The monoisotopic (exact) mass is 486 g/mol. The number of nitrogen functional groups attached to an aromatic ring is 2. The molecule has 5 rings (SSSR count). The lowest BCUT2D eigenvalue weighted by molar-refractivity contribution is -0.125. The summed E-state index contributed by atoms with van der Waals surface area (Å²) in [7, 11) is 1.63. The van der Waals surface area contributed by atoms with E-state index in [9.17, 15) is 4.79 Å². The van der Waals surface area contributed by atoms with Crippen molar-refractivity contribution in [3.63, 3.8) is 0 Å². The Bertz CT molecular complexity index is 1400. The molecule has 10 nitrogen and oxygen atoms in total. The highest BCUT2D eigenvalue weighted by molar-refractivity contribution is 5.91. The van der Waals surface area contributed by atoms with E-state index < -0.39 is 0 Å². The molecule has 0 spiro atoms. The molecule has 3 heterocycles. The third-order valence-corrected chi connectivity index (χ3v) is 6.81. The number of aromatic amines is 1. The van der Waals surface area contributed by atoms with Gasteiger partial charge in [0, 0.05) is 41.7 Å². The van der Waals surface area contributed by atoms with Crippen molar-refractivity contribution in [3.05, 3.63) is 54.1 Å². The lowest BCUT2D eigenvalue weighted by Crippen LogP contribution is -2.47. The molecule has 0 aliphatic carbocycles. The van der Waals surface area contributed by atoms with Crippen LogP contribution in [0.15, 0.2) is 48.5 Å². The number of nitrogens with two attached hydrogens (primary N) is 2. The highest BCUT2D eigenvalue weighted by atomic mass is 16.5. The van der Waals surface area contributed by atoms with Gasteiger partial charge >= 0.3 is 0 Å². The smallest absolute Gasteiger partial charge is 0.225 e. The molecule has 0 radical (unpaired) electrons. The molecule has 36 heavy (non-hydrogen) atoms. The summed E-state index contributed by atoms with van der Waals surface area (Å²) in [6, 6.07) is 15.6. The third kappa shape index (κ3) is 4.61. The number of nitrogens with one attached hydrogen (secondary N) is 2. The largest absolute Gasteiger partial charge is 0.496 e. The number of hydrogen-bond donors (Lipinski definition) is 4. The first-order valence-electron chi connectivity index (χ1n) is 12.0. The first-order chi connectivity index (χ1) is 17.4. The number of aromatic nitrogens is 4. The third-order valence-electron chi connectivity index (χ3n) is 6.81. The first-order valence-corrected chi connectivity index (χ1v) is 12.0. The number of anilines is 3. The summed E-state index contributed by atoms with van der Waals surface area (Å²) >= 11 is 0. The molecule has 186 valence electrons. The number of methoxy groups -OCH3 is 1. The predicted octanol–water partition coefficient (Wildman–Crippen LogP) is 3.11. The average Bonchev–Trinajstić information content (AvgIpc) is 3.27. The standard InChI is InChI=1S/C26H30N8O2/c1-15-7-8-18(25(35)29-13-17-5-3-4-6-22(17)36-2)14-34(15)23-12-20(30-26(28)31-23)16-9-10-19-21(11-16)32-33-24(19)27/h3-6,9-12,15,18H,7-8,13-14H2,1-2H3,(H,29,35)(H3,27,32,33)(H2,28,30,31)/t15-,18+/m1/s1. The molecule has 2 aromatic heterocycles. The Morgan fingerprint density at radius 1 is 1.17 bits per heavy atom. The maximum absolute atomic E-state index is 13.1. The molecule has 1 aliphatic heterocycles. The maximum atomic E-state index is 13.1. The van der Waals surface area contributed by atoms with Crippen molar-refractivity contribution in [2.24, 2.45) is 5.92 Å². The van der Waals surface area contributed by atoms with Gasteiger partial charge in [0.2, 0.25) is 11.9 Å². The van der Waals surface area contributed by atoms with Gasteiger partial charge in [-0.2, -0.15) is 10.1 Å². The fourth-order valence-corrected chi connectivity index (χ4v) is 4.76. The quantitative estimate of drug-likeness (QED) is 0.325. The summed E-state index contributed by atoms with van der Waals surface area (Å²) in [5, 5.41) is 10.9. The highest BCUT2D eigenvalue weighted by Crippen LogP contribution is 2.31. The predicted molar refractivity (Wildman–Crippen MR) is 140 cm³/mol. The number of H-pyrrole nitrogens is 1. The molecule has 0 saturated carbocycles. The summed E-state index contributed by atoms with van der Waals surface area (Å²) in [4.78, 5) is 24.2. The van der Waals surface area contributed by atoms with E-state index in [4.69, 9.17) is 16.2 Å². The van der Waals surface area contributed by atoms with Gasteiger partial charge in [-0.25, -0.2) is 4.98 Å². The molecule has 0 bridgehead atoms. The van der Waals surface area contributed by atoms with Gasteiger partial charge < -0.3 is 26.4 Å². The minimum atomic E-state index is -0.167. The zero-order valence-electron chi connectivity index (χ0n) is 20.4. The molecule has 2 atom stereocenters. The van der Waals surface area contributed by atoms with Crippen molar-refractivity contribution in [1.82, 2.24) is 25.5 Å². The fourth-order valence-electron chi connectivity index (χ4n) is 4.76. The number of fused-ring (bicyclic) bond motifs is 1. The van der Waals surface area contributed by atoms with Gasteiger partial charge in [-0.1, -0.05) is 24.3 Å². The molecule has 1 fully saturated rings. The summed E-state index contributed by atoms with van der Waals surface area (Å²) in [6.07, 6.45) is 1.67. The van der Waals surface area contributed by atoms with Crippen molar-refractivity contribution in [1.29, 1.82) is 0 Å². The second-order valence-electron chi connectivity index (χ2n) is 9.14. The Hall–Kier alpha value is -4.34. The zero-order chi connectivity index (χ0) is 25.2. The van der Waals surface area contributed by atoms with Crippen molar-refractivity contribution < 1.29 is 9.53 Å². The lowest BCUT2D eigenvalue weighted by atomic mass is 9.92. The Morgan fingerprint density at radius 3 is 2.83 bits per heavy atom. The Kier molecular flexibility index (Phi) is 6.32. The van der Waals surface area contributed by atoms with Gasteiger partial charge in [-0.3, -0.25) is 9.89 Å². The molecule has 2 aromatic carbocycles. The molecular formula is C26H30N8O2. The van der Waals surface area contributed by atoms with Crippen LogP contribution in [0.2, 0.25) is 0 Å². The van der Waals surface area contributed by atoms with Gasteiger partial charge in [-0.15, -0.1) is 0 Å². The van der Waals surface area contributed by atoms with Crippen LogP contribution in [0.25, 0.3) is 22.2 Å². The van der Waals surface area contributed by atoms with Crippen LogP contribution in [0, 0.1) is 5.92 Å². The second-order valence-corrected chi connectivity index (χ2v) is 9.14. The zero-order valence-corrected chi connectivity index (χ0v) is 20.4. The summed E-state index contributed by atoms with van der Waals surface area (Å²) in [5.74, 6) is 1.95. The van der Waals surface area contributed by atoms with E-state index in [0.717, 1.165) is 40.6 Å². The van der Waals surface area contributed by atoms with Gasteiger partial charge in [-0.05, 0) is 38.0 Å². The number of benzene rings is 2. The number of carbonyl (C=O) groups is 1. The Labute approximate surface area is 209 Å². The average molecular weight is 487 g/mol. The van der Waals surface area contributed by atoms with Crippen LogP contribution < -0.4 is 26.4 Å². The van der Waals surface area contributed by atoms with Crippen molar-refractivity contribution in [3.8, 4) is 17.0 Å². The molecule has 10 heteroatoms. The number of ether oxygens (including phenoxy) is 1. The second kappa shape index (κ2) is 9.73. The van der Waals surface area contributed by atoms with Gasteiger partial charge in [0.05, 0.1) is 24.2 Å². The van der Waals surface area contributed by atoms with E-state index in [0.29, 0.717) is 30.4 Å². The van der Waals surface area contributed by atoms with E-state index in [1.165, 1.54) is 0 Å². The summed E-state index contributed by atoms with van der Waals surface area (Å²) in [5.41, 5.74) is 15.4. The van der Waals surface area contributed by atoms with Crippen LogP contribution >= 0.6 is 0 Å².